The first-order valence-electron chi connectivity index (χ1n) is 11.1. The molecule has 0 spiro atoms. The molecular weight excluding hydrogens is 450 g/mol. The van der Waals surface area contributed by atoms with Crippen molar-refractivity contribution in [2.75, 3.05) is 36.0 Å². The van der Waals surface area contributed by atoms with E-state index in [4.69, 9.17) is 9.72 Å². The third-order valence-corrected chi connectivity index (χ3v) is 6.31. The molecular formula is C25H23N5O3S. The van der Waals surface area contributed by atoms with E-state index in [1.165, 1.54) is 5.69 Å². The normalized spacial score (nSPS) is 17.6. The predicted molar refractivity (Wildman–Crippen MR) is 133 cm³/mol. The summed E-state index contributed by atoms with van der Waals surface area (Å²) in [5.74, 6) is 1.14. The van der Waals surface area contributed by atoms with Crippen LogP contribution < -0.4 is 19.9 Å². The van der Waals surface area contributed by atoms with E-state index < -0.39 is 5.91 Å². The molecule has 3 heterocycles. The number of carbonyl (C=O) groups excluding carboxylic acids is 2. The second kappa shape index (κ2) is 9.96. The maximum absolute atomic E-state index is 12.1. The van der Waals surface area contributed by atoms with Crippen molar-refractivity contribution in [2.45, 2.75) is 6.42 Å². The zero-order chi connectivity index (χ0) is 23.3. The summed E-state index contributed by atoms with van der Waals surface area (Å²) in [6.07, 6.45) is 2.55. The summed E-state index contributed by atoms with van der Waals surface area (Å²) in [5.41, 5.74) is 1.71. The number of aromatic nitrogens is 2. The molecule has 1 aromatic heterocycles. The van der Waals surface area contributed by atoms with Gasteiger partial charge in [-0.25, -0.2) is 4.98 Å². The molecule has 0 bridgehead atoms. The van der Waals surface area contributed by atoms with Crippen LogP contribution in [0.4, 0.5) is 16.4 Å². The van der Waals surface area contributed by atoms with Gasteiger partial charge in [0.1, 0.15) is 5.75 Å². The Balaban J connectivity index is 1.43. The molecule has 2 fully saturated rings. The van der Waals surface area contributed by atoms with Gasteiger partial charge in [-0.1, -0.05) is 36.4 Å². The lowest BCUT2D eigenvalue weighted by molar-refractivity contribution is -0.115. The fraction of sp³-hybridized carbons (Fsp3) is 0.200. The molecule has 5 rings (SSSR count). The summed E-state index contributed by atoms with van der Waals surface area (Å²) < 4.78 is 5.99. The van der Waals surface area contributed by atoms with E-state index >= 15 is 0 Å². The smallest absolute Gasteiger partial charge is 0.290 e. The molecule has 172 valence electrons. The molecule has 2 aliphatic rings. The van der Waals surface area contributed by atoms with Crippen molar-refractivity contribution in [3.8, 4) is 11.6 Å². The topological polar surface area (TPSA) is 87.7 Å². The molecule has 0 saturated carbocycles. The number of imide groups is 1. The molecule has 1 N–H and O–H groups in total. The first-order chi connectivity index (χ1) is 16.6. The van der Waals surface area contributed by atoms with Crippen LogP contribution in [-0.4, -0.2) is 47.3 Å². The van der Waals surface area contributed by atoms with Crippen LogP contribution in [0.25, 0.3) is 6.08 Å². The highest BCUT2D eigenvalue weighted by Gasteiger charge is 2.26. The number of carbonyl (C=O) groups is 2. The van der Waals surface area contributed by atoms with Gasteiger partial charge >= 0.3 is 0 Å². The van der Waals surface area contributed by atoms with Gasteiger partial charge < -0.3 is 14.5 Å². The molecule has 0 aliphatic carbocycles. The Labute approximate surface area is 201 Å². The average molecular weight is 474 g/mol. The lowest BCUT2D eigenvalue weighted by Gasteiger charge is -2.24. The van der Waals surface area contributed by atoms with Crippen LogP contribution in [0.1, 0.15) is 12.1 Å². The minimum Gasteiger partial charge on any atom is -0.439 e. The van der Waals surface area contributed by atoms with Crippen molar-refractivity contribution in [1.82, 2.24) is 15.3 Å². The Morgan fingerprint density at radius 1 is 0.882 bits per heavy atom. The van der Waals surface area contributed by atoms with Gasteiger partial charge in [-0.15, -0.1) is 0 Å². The standard InChI is InChI=1S/C25H23N5O3S/c31-23-21(34-25(32)28-23)16-18-17-22(33-20-10-5-2-6-11-20)27-24(26-18)30-13-7-12-29(14-15-30)19-8-3-1-4-9-19/h1-6,8-11,16-17H,7,12-15H2,(H,28,31,32). The summed E-state index contributed by atoms with van der Waals surface area (Å²) in [7, 11) is 0. The fourth-order valence-corrected chi connectivity index (χ4v) is 4.54. The van der Waals surface area contributed by atoms with Gasteiger partial charge in [0.25, 0.3) is 11.1 Å². The minimum atomic E-state index is -0.422. The first-order valence-corrected chi connectivity index (χ1v) is 11.9. The summed E-state index contributed by atoms with van der Waals surface area (Å²) in [6.45, 7) is 3.31. The highest BCUT2D eigenvalue weighted by atomic mass is 32.2. The number of nitrogens with one attached hydrogen (secondary N) is 1. The largest absolute Gasteiger partial charge is 0.439 e. The molecule has 9 heteroatoms. The van der Waals surface area contributed by atoms with Crippen LogP contribution in [0.15, 0.2) is 71.6 Å². The van der Waals surface area contributed by atoms with Gasteiger partial charge in [0.2, 0.25) is 11.8 Å². The molecule has 0 atom stereocenters. The maximum atomic E-state index is 12.1. The van der Waals surface area contributed by atoms with E-state index in [1.807, 2.05) is 48.5 Å². The van der Waals surface area contributed by atoms with Crippen LogP contribution in [0, 0.1) is 0 Å². The Bertz CT molecular complexity index is 1220. The zero-order valence-corrected chi connectivity index (χ0v) is 19.2. The number of para-hydroxylation sites is 2. The van der Waals surface area contributed by atoms with Gasteiger partial charge in [0.15, 0.2) is 0 Å². The number of anilines is 2. The van der Waals surface area contributed by atoms with E-state index in [0.717, 1.165) is 44.4 Å². The quantitative estimate of drug-likeness (QED) is 0.549. The van der Waals surface area contributed by atoms with Crippen molar-refractivity contribution in [3.05, 3.63) is 77.3 Å². The van der Waals surface area contributed by atoms with Crippen molar-refractivity contribution in [3.63, 3.8) is 0 Å². The van der Waals surface area contributed by atoms with E-state index in [9.17, 15) is 9.59 Å². The third-order valence-electron chi connectivity index (χ3n) is 5.50. The Hall–Kier alpha value is -3.85. The van der Waals surface area contributed by atoms with Crippen LogP contribution in [0.5, 0.6) is 11.6 Å². The zero-order valence-electron chi connectivity index (χ0n) is 18.4. The number of nitrogens with zero attached hydrogens (tertiary/aromatic N) is 4. The van der Waals surface area contributed by atoms with Gasteiger partial charge in [0.05, 0.1) is 10.6 Å². The van der Waals surface area contributed by atoms with Gasteiger partial charge in [-0.05, 0) is 48.5 Å². The monoisotopic (exact) mass is 473 g/mol. The number of amides is 2. The Morgan fingerprint density at radius 2 is 1.59 bits per heavy atom. The number of ether oxygens (including phenoxy) is 1. The van der Waals surface area contributed by atoms with Crippen molar-refractivity contribution in [1.29, 1.82) is 0 Å². The third kappa shape index (κ3) is 5.20. The van der Waals surface area contributed by atoms with Gasteiger partial charge in [0, 0.05) is 37.9 Å². The summed E-state index contributed by atoms with van der Waals surface area (Å²) in [4.78, 5) is 37.8. The summed E-state index contributed by atoms with van der Waals surface area (Å²) >= 11 is 0.861. The van der Waals surface area contributed by atoms with Crippen molar-refractivity contribution < 1.29 is 14.3 Å². The fourth-order valence-electron chi connectivity index (χ4n) is 3.88. The molecule has 0 radical (unpaired) electrons. The number of hydrogen-bond donors (Lipinski definition) is 1. The lowest BCUT2D eigenvalue weighted by atomic mass is 10.3. The van der Waals surface area contributed by atoms with Crippen molar-refractivity contribution in [2.24, 2.45) is 0 Å². The minimum absolute atomic E-state index is 0.298. The second-order valence-electron chi connectivity index (χ2n) is 7.86. The molecule has 8 nitrogen and oxygen atoms in total. The molecule has 2 saturated heterocycles. The number of rotatable bonds is 5. The molecule has 0 unspecified atom stereocenters. The van der Waals surface area contributed by atoms with E-state index in [-0.39, 0.29) is 5.24 Å². The first kappa shape index (κ1) is 22.0. The molecule has 34 heavy (non-hydrogen) atoms. The second-order valence-corrected chi connectivity index (χ2v) is 8.88. The SMILES string of the molecule is O=C1NC(=O)C(=Cc2cc(Oc3ccccc3)nc(N3CCCN(c4ccccc4)CC3)n2)S1. The molecule has 2 aliphatic heterocycles. The highest BCUT2D eigenvalue weighted by molar-refractivity contribution is 8.18. The van der Waals surface area contributed by atoms with Crippen LogP contribution >= 0.6 is 11.8 Å². The van der Waals surface area contributed by atoms with Crippen LogP contribution in [0.2, 0.25) is 0 Å². The van der Waals surface area contributed by atoms with E-state index in [0.29, 0.717) is 28.2 Å². The Kier molecular flexibility index (Phi) is 6.44. The van der Waals surface area contributed by atoms with E-state index in [2.05, 4.69) is 32.2 Å². The number of thioether (sulfide) groups is 1. The van der Waals surface area contributed by atoms with Gasteiger partial charge in [-0.3, -0.25) is 14.9 Å². The molecule has 3 aromatic rings. The van der Waals surface area contributed by atoms with E-state index in [1.54, 1.807) is 12.1 Å². The summed E-state index contributed by atoms with van der Waals surface area (Å²) in [6, 6.07) is 21.4. The van der Waals surface area contributed by atoms with Gasteiger partial charge in [-0.2, -0.15) is 4.98 Å². The summed E-state index contributed by atoms with van der Waals surface area (Å²) in [5, 5.41) is 1.89. The van der Waals surface area contributed by atoms with Crippen LogP contribution in [-0.2, 0) is 4.79 Å². The predicted octanol–water partition coefficient (Wildman–Crippen LogP) is 4.31. The Morgan fingerprint density at radius 3 is 2.32 bits per heavy atom. The van der Waals surface area contributed by atoms with Crippen LogP contribution in [0.3, 0.4) is 0 Å². The highest BCUT2D eigenvalue weighted by Crippen LogP contribution is 2.28. The average Bonchev–Trinajstić information content (AvgIpc) is 3.02. The molecule has 2 amide bonds. The maximum Gasteiger partial charge on any atom is 0.290 e. The number of hydrogen-bond acceptors (Lipinski definition) is 8. The van der Waals surface area contributed by atoms with Crippen molar-refractivity contribution >= 4 is 40.6 Å². The number of benzene rings is 2. The molecule has 2 aromatic carbocycles. The lowest BCUT2D eigenvalue weighted by Crippen LogP contribution is -2.31.